The van der Waals surface area contributed by atoms with Crippen molar-refractivity contribution in [2.75, 3.05) is 10.6 Å². The van der Waals surface area contributed by atoms with Crippen LogP contribution in [0.1, 0.15) is 49.5 Å². The van der Waals surface area contributed by atoms with Crippen molar-refractivity contribution < 1.29 is 18.8 Å². The molecule has 1 fully saturated rings. The quantitative estimate of drug-likeness (QED) is 0.588. The van der Waals surface area contributed by atoms with Crippen molar-refractivity contribution in [3.63, 3.8) is 0 Å². The van der Waals surface area contributed by atoms with Gasteiger partial charge in [-0.1, -0.05) is 26.8 Å². The molecule has 1 spiro atoms. The standard InChI is InChI=1S/C24H27FN4O3/c1-23(2,3)12-18-24(19-15(25)5-4-6-16(19)29-22(24)32)11-17(28-18)21(31)27-14-9-7-13(8-10-14)20(26)30/h4-10,17-18,28H,11-12H2,1-3H3,(H2,26,30)(H,27,31)(H,29,32). The summed E-state index contributed by atoms with van der Waals surface area (Å²) in [7, 11) is 0. The van der Waals surface area contributed by atoms with Gasteiger partial charge in [0, 0.05) is 28.5 Å². The van der Waals surface area contributed by atoms with Crippen molar-refractivity contribution in [2.24, 2.45) is 11.1 Å². The summed E-state index contributed by atoms with van der Waals surface area (Å²) in [6, 6.07) is 9.71. The fourth-order valence-corrected chi connectivity index (χ4v) is 4.83. The number of anilines is 2. The molecular formula is C24H27FN4O3. The zero-order chi connectivity index (χ0) is 23.3. The predicted molar refractivity (Wildman–Crippen MR) is 120 cm³/mol. The fourth-order valence-electron chi connectivity index (χ4n) is 4.83. The molecule has 7 nitrogen and oxygen atoms in total. The summed E-state index contributed by atoms with van der Waals surface area (Å²) >= 11 is 0. The molecule has 2 aliphatic heterocycles. The molecule has 2 aromatic rings. The third-order valence-corrected chi connectivity index (χ3v) is 6.21. The van der Waals surface area contributed by atoms with Crippen molar-refractivity contribution >= 4 is 29.1 Å². The molecule has 0 aromatic heterocycles. The summed E-state index contributed by atoms with van der Waals surface area (Å²) in [4.78, 5) is 37.6. The van der Waals surface area contributed by atoms with E-state index in [-0.39, 0.29) is 23.7 Å². The van der Waals surface area contributed by atoms with E-state index in [1.165, 1.54) is 18.2 Å². The average molecular weight is 439 g/mol. The van der Waals surface area contributed by atoms with E-state index in [0.717, 1.165) is 0 Å². The van der Waals surface area contributed by atoms with Crippen LogP contribution in [-0.2, 0) is 15.0 Å². The lowest BCUT2D eigenvalue weighted by Crippen LogP contribution is -2.48. The van der Waals surface area contributed by atoms with Crippen molar-refractivity contribution in [1.82, 2.24) is 5.32 Å². The first-order chi connectivity index (χ1) is 15.0. The molecule has 1 saturated heterocycles. The van der Waals surface area contributed by atoms with Gasteiger partial charge in [-0.05, 0) is 54.7 Å². The van der Waals surface area contributed by atoms with Crippen molar-refractivity contribution in [3.05, 3.63) is 59.4 Å². The van der Waals surface area contributed by atoms with Gasteiger partial charge in [-0.2, -0.15) is 0 Å². The predicted octanol–water partition coefficient (Wildman–Crippen LogP) is 2.92. The van der Waals surface area contributed by atoms with Crippen molar-refractivity contribution in [1.29, 1.82) is 0 Å². The summed E-state index contributed by atoms with van der Waals surface area (Å²) in [5.74, 6) is -1.63. The maximum Gasteiger partial charge on any atom is 0.248 e. The van der Waals surface area contributed by atoms with E-state index in [2.05, 4.69) is 16.0 Å². The number of primary amides is 1. The molecule has 0 radical (unpaired) electrons. The number of halogens is 1. The Kier molecular flexibility index (Phi) is 5.29. The van der Waals surface area contributed by atoms with Gasteiger partial charge in [-0.15, -0.1) is 0 Å². The van der Waals surface area contributed by atoms with Gasteiger partial charge >= 0.3 is 0 Å². The second-order valence-corrected chi connectivity index (χ2v) is 9.76. The summed E-state index contributed by atoms with van der Waals surface area (Å²) < 4.78 is 15.0. The van der Waals surface area contributed by atoms with Gasteiger partial charge in [0.25, 0.3) is 0 Å². The van der Waals surface area contributed by atoms with Crippen LogP contribution in [0, 0.1) is 11.2 Å². The zero-order valence-electron chi connectivity index (χ0n) is 18.3. The largest absolute Gasteiger partial charge is 0.366 e. The SMILES string of the molecule is CC(C)(C)CC1NC(C(=O)Nc2ccc(C(N)=O)cc2)CC12C(=O)Nc1cccc(F)c12. The minimum Gasteiger partial charge on any atom is -0.366 e. The number of amides is 3. The van der Waals surface area contributed by atoms with Crippen LogP contribution in [0.15, 0.2) is 42.5 Å². The molecule has 0 bridgehead atoms. The Hall–Kier alpha value is -3.26. The van der Waals surface area contributed by atoms with Gasteiger partial charge in [-0.25, -0.2) is 4.39 Å². The van der Waals surface area contributed by atoms with E-state index in [1.54, 1.807) is 24.3 Å². The number of nitrogens with one attached hydrogen (secondary N) is 3. The van der Waals surface area contributed by atoms with Gasteiger partial charge in [0.2, 0.25) is 17.7 Å². The van der Waals surface area contributed by atoms with E-state index >= 15 is 0 Å². The third kappa shape index (κ3) is 3.75. The lowest BCUT2D eigenvalue weighted by molar-refractivity contribution is -0.121. The van der Waals surface area contributed by atoms with Gasteiger partial charge < -0.3 is 21.7 Å². The molecule has 4 rings (SSSR count). The van der Waals surface area contributed by atoms with Crippen LogP contribution in [0.3, 0.4) is 0 Å². The molecule has 3 atom stereocenters. The normalized spacial score (nSPS) is 24.3. The molecule has 0 saturated carbocycles. The number of nitrogens with two attached hydrogens (primary N) is 1. The average Bonchev–Trinajstić information content (AvgIpc) is 3.20. The maximum absolute atomic E-state index is 15.0. The molecule has 0 aliphatic carbocycles. The van der Waals surface area contributed by atoms with E-state index in [4.69, 9.17) is 5.73 Å². The molecule has 3 amide bonds. The van der Waals surface area contributed by atoms with Crippen LogP contribution < -0.4 is 21.7 Å². The Morgan fingerprint density at radius 2 is 1.88 bits per heavy atom. The van der Waals surface area contributed by atoms with Crippen LogP contribution in [0.4, 0.5) is 15.8 Å². The van der Waals surface area contributed by atoms with E-state index in [1.807, 2.05) is 20.8 Å². The topological polar surface area (TPSA) is 113 Å². The molecule has 168 valence electrons. The minimum absolute atomic E-state index is 0.138. The first-order valence-electron chi connectivity index (χ1n) is 10.6. The van der Waals surface area contributed by atoms with Gasteiger partial charge in [0.15, 0.2) is 0 Å². The van der Waals surface area contributed by atoms with E-state index in [0.29, 0.717) is 28.9 Å². The highest BCUT2D eigenvalue weighted by molar-refractivity contribution is 6.08. The molecule has 8 heteroatoms. The summed E-state index contributed by atoms with van der Waals surface area (Å²) in [5.41, 5.74) is 5.54. The van der Waals surface area contributed by atoms with E-state index in [9.17, 15) is 18.8 Å². The molecular weight excluding hydrogens is 411 g/mol. The molecule has 5 N–H and O–H groups in total. The van der Waals surface area contributed by atoms with Gasteiger partial charge in [-0.3, -0.25) is 14.4 Å². The Bertz CT molecular complexity index is 1090. The first kappa shape index (κ1) is 22.0. The van der Waals surface area contributed by atoms with Crippen molar-refractivity contribution in [3.8, 4) is 0 Å². The number of benzene rings is 2. The third-order valence-electron chi connectivity index (χ3n) is 6.21. The van der Waals surface area contributed by atoms with Gasteiger partial charge in [0.05, 0.1) is 11.5 Å². The smallest absolute Gasteiger partial charge is 0.248 e. The number of fused-ring (bicyclic) bond motifs is 2. The molecule has 32 heavy (non-hydrogen) atoms. The van der Waals surface area contributed by atoms with Crippen LogP contribution in [0.5, 0.6) is 0 Å². The summed E-state index contributed by atoms with van der Waals surface area (Å²) in [5, 5.41) is 8.95. The molecule has 2 heterocycles. The number of hydrogen-bond acceptors (Lipinski definition) is 4. The van der Waals surface area contributed by atoms with Crippen LogP contribution in [0.2, 0.25) is 0 Å². The molecule has 2 aliphatic rings. The Morgan fingerprint density at radius 3 is 2.50 bits per heavy atom. The van der Waals surface area contributed by atoms with Crippen LogP contribution in [-0.4, -0.2) is 29.8 Å². The molecule has 2 aromatic carbocycles. The second kappa shape index (κ2) is 7.70. The van der Waals surface area contributed by atoms with Crippen molar-refractivity contribution in [2.45, 2.75) is 51.1 Å². The highest BCUT2D eigenvalue weighted by Crippen LogP contribution is 2.50. The highest BCUT2D eigenvalue weighted by atomic mass is 19.1. The fraction of sp³-hybridized carbons (Fsp3) is 0.375. The van der Waals surface area contributed by atoms with E-state index < -0.39 is 29.2 Å². The Morgan fingerprint density at radius 1 is 1.19 bits per heavy atom. The second-order valence-electron chi connectivity index (χ2n) is 9.76. The van der Waals surface area contributed by atoms with Crippen LogP contribution >= 0.6 is 0 Å². The minimum atomic E-state index is -1.17. The number of carbonyl (C=O) groups excluding carboxylic acids is 3. The lowest BCUT2D eigenvalue weighted by atomic mass is 9.69. The van der Waals surface area contributed by atoms with Crippen LogP contribution in [0.25, 0.3) is 0 Å². The highest BCUT2D eigenvalue weighted by Gasteiger charge is 2.60. The molecule has 3 unspecified atom stereocenters. The monoisotopic (exact) mass is 438 g/mol. The zero-order valence-corrected chi connectivity index (χ0v) is 18.3. The van der Waals surface area contributed by atoms with Gasteiger partial charge in [0.1, 0.15) is 5.82 Å². The Balaban J connectivity index is 1.65. The number of rotatable bonds is 4. The summed E-state index contributed by atoms with van der Waals surface area (Å²) in [6.07, 6.45) is 0.712. The Labute approximate surface area is 185 Å². The first-order valence-corrected chi connectivity index (χ1v) is 10.6. The lowest BCUT2D eigenvalue weighted by Gasteiger charge is -2.33. The number of carbonyl (C=O) groups is 3. The maximum atomic E-state index is 15.0. The summed E-state index contributed by atoms with van der Waals surface area (Å²) in [6.45, 7) is 6.14. The number of hydrogen-bond donors (Lipinski definition) is 4.